The second-order valence-corrected chi connectivity index (χ2v) is 6.93. The summed E-state index contributed by atoms with van der Waals surface area (Å²) >= 11 is 0. The van der Waals surface area contributed by atoms with Gasteiger partial charge in [-0.3, -0.25) is 4.79 Å². The van der Waals surface area contributed by atoms with Crippen LogP contribution < -0.4 is 0 Å². The van der Waals surface area contributed by atoms with Crippen molar-refractivity contribution in [2.45, 2.75) is 45.6 Å². The lowest BCUT2D eigenvalue weighted by Gasteiger charge is -2.28. The quantitative estimate of drug-likeness (QED) is 0.629. The molecule has 0 N–H and O–H groups in total. The number of rotatable bonds is 2. The van der Waals surface area contributed by atoms with E-state index in [0.29, 0.717) is 5.76 Å². The highest BCUT2D eigenvalue weighted by molar-refractivity contribution is 5.99. The van der Waals surface area contributed by atoms with Crippen molar-refractivity contribution in [2.75, 3.05) is 6.54 Å². The number of hydrogen-bond acceptors (Lipinski definition) is 3. The van der Waals surface area contributed by atoms with E-state index >= 15 is 0 Å². The molecule has 130 valence electrons. The first-order valence-electron chi connectivity index (χ1n) is 8.99. The van der Waals surface area contributed by atoms with Gasteiger partial charge in [-0.2, -0.15) is 0 Å². The highest BCUT2D eigenvalue weighted by atomic mass is 16.3. The van der Waals surface area contributed by atoms with Gasteiger partial charge in [0.2, 0.25) is 0 Å². The van der Waals surface area contributed by atoms with Crippen LogP contribution in [0.4, 0.5) is 0 Å². The second-order valence-electron chi connectivity index (χ2n) is 6.93. The fraction of sp³-hybridized carbons (Fsp3) is 0.381. The topological polar surface area (TPSA) is 46.6 Å². The van der Waals surface area contributed by atoms with Gasteiger partial charge in [-0.15, -0.1) is 0 Å². The van der Waals surface area contributed by atoms with Crippen molar-refractivity contribution in [2.24, 2.45) is 0 Å². The van der Waals surface area contributed by atoms with E-state index in [9.17, 15) is 4.79 Å². The molecule has 25 heavy (non-hydrogen) atoms. The van der Waals surface area contributed by atoms with E-state index in [1.54, 1.807) is 6.26 Å². The third-order valence-electron chi connectivity index (χ3n) is 5.17. The minimum atomic E-state index is -0.0327. The molecule has 0 bridgehead atoms. The molecule has 1 atom stereocenters. The zero-order valence-corrected chi connectivity index (χ0v) is 14.7. The summed E-state index contributed by atoms with van der Waals surface area (Å²) in [5, 5.41) is 1.02. The molecule has 1 amide bonds. The molecule has 0 spiro atoms. The highest BCUT2D eigenvalue weighted by Crippen LogP contribution is 2.34. The Kier molecular flexibility index (Phi) is 4.12. The molecule has 1 fully saturated rings. The van der Waals surface area contributed by atoms with Gasteiger partial charge in [-0.25, -0.2) is 0 Å². The van der Waals surface area contributed by atoms with E-state index in [0.717, 1.165) is 54.5 Å². The van der Waals surface area contributed by atoms with Crippen LogP contribution in [0.15, 0.2) is 45.4 Å². The molecule has 1 aliphatic rings. The maximum atomic E-state index is 13.3. The molecule has 0 unspecified atom stereocenters. The number of furan rings is 2. The van der Waals surface area contributed by atoms with Gasteiger partial charge < -0.3 is 13.7 Å². The third-order valence-corrected chi connectivity index (χ3v) is 5.17. The third kappa shape index (κ3) is 2.86. The summed E-state index contributed by atoms with van der Waals surface area (Å²) in [7, 11) is 0. The fourth-order valence-corrected chi connectivity index (χ4v) is 3.80. The van der Waals surface area contributed by atoms with Crippen LogP contribution in [0.2, 0.25) is 0 Å². The second kappa shape index (κ2) is 6.43. The van der Waals surface area contributed by atoms with Crippen LogP contribution >= 0.6 is 0 Å². The van der Waals surface area contributed by atoms with Crippen LogP contribution in [0, 0.1) is 13.8 Å². The first kappa shape index (κ1) is 16.0. The van der Waals surface area contributed by atoms with Gasteiger partial charge in [-0.1, -0.05) is 24.5 Å². The number of likely N-dealkylation sites (tertiary alicyclic amines) is 1. The molecule has 0 aliphatic carbocycles. The Morgan fingerprint density at radius 3 is 2.84 bits per heavy atom. The number of carbonyl (C=O) groups is 1. The molecule has 0 radical (unpaired) electrons. The Hall–Kier alpha value is -2.49. The zero-order chi connectivity index (χ0) is 17.4. The van der Waals surface area contributed by atoms with Gasteiger partial charge in [0.15, 0.2) is 5.76 Å². The Morgan fingerprint density at radius 1 is 1.16 bits per heavy atom. The summed E-state index contributed by atoms with van der Waals surface area (Å²) in [4.78, 5) is 15.3. The maximum absolute atomic E-state index is 13.3. The summed E-state index contributed by atoms with van der Waals surface area (Å²) in [5.74, 6) is 1.29. The largest absolute Gasteiger partial charge is 0.467 e. The van der Waals surface area contributed by atoms with Gasteiger partial charge in [0.25, 0.3) is 5.91 Å². The van der Waals surface area contributed by atoms with E-state index in [2.05, 4.69) is 13.0 Å². The first-order chi connectivity index (χ1) is 12.1. The van der Waals surface area contributed by atoms with E-state index in [-0.39, 0.29) is 11.9 Å². The molecular weight excluding hydrogens is 314 g/mol. The molecule has 4 heteroatoms. The number of amides is 1. The summed E-state index contributed by atoms with van der Waals surface area (Å²) in [6.45, 7) is 4.76. The highest BCUT2D eigenvalue weighted by Gasteiger charge is 2.32. The SMILES string of the molecule is Cc1ccc2oc(C(=O)N3CCCCC[C@@H]3c3ccco3)c(C)c2c1. The van der Waals surface area contributed by atoms with Crippen LogP contribution in [-0.4, -0.2) is 17.4 Å². The van der Waals surface area contributed by atoms with Crippen LogP contribution in [0.1, 0.15) is 59.2 Å². The number of aryl methyl sites for hydroxylation is 2. The normalized spacial score (nSPS) is 18.5. The molecule has 2 aromatic heterocycles. The van der Waals surface area contributed by atoms with Crippen LogP contribution in [0.25, 0.3) is 11.0 Å². The Bertz CT molecular complexity index is 891. The van der Waals surface area contributed by atoms with Crippen molar-refractivity contribution in [1.82, 2.24) is 4.90 Å². The minimum Gasteiger partial charge on any atom is -0.467 e. The van der Waals surface area contributed by atoms with Crippen molar-refractivity contribution in [3.63, 3.8) is 0 Å². The average Bonchev–Trinajstić information content (AvgIpc) is 3.17. The summed E-state index contributed by atoms with van der Waals surface area (Å²) < 4.78 is 11.6. The summed E-state index contributed by atoms with van der Waals surface area (Å²) in [5.41, 5.74) is 2.86. The van der Waals surface area contributed by atoms with Gasteiger partial charge in [0.1, 0.15) is 11.3 Å². The molecule has 1 aromatic carbocycles. The Balaban J connectivity index is 1.74. The molecule has 4 nitrogen and oxygen atoms in total. The number of benzene rings is 1. The Morgan fingerprint density at radius 2 is 2.04 bits per heavy atom. The summed E-state index contributed by atoms with van der Waals surface area (Å²) in [6.07, 6.45) is 5.86. The van der Waals surface area contributed by atoms with E-state index in [4.69, 9.17) is 8.83 Å². The number of hydrogen-bond donors (Lipinski definition) is 0. The van der Waals surface area contributed by atoms with E-state index in [1.807, 2.05) is 36.1 Å². The van der Waals surface area contributed by atoms with Gasteiger partial charge >= 0.3 is 0 Å². The average molecular weight is 337 g/mol. The summed E-state index contributed by atoms with van der Waals surface area (Å²) in [6, 6.07) is 9.87. The molecule has 1 aliphatic heterocycles. The standard InChI is InChI=1S/C21H23NO3/c1-14-9-10-18-16(13-14)15(2)20(25-18)21(23)22-11-5-3-4-7-17(22)19-8-6-12-24-19/h6,8-10,12-13,17H,3-5,7,11H2,1-2H3/t17-/m1/s1. The van der Waals surface area contributed by atoms with Crippen molar-refractivity contribution in [3.8, 4) is 0 Å². The zero-order valence-electron chi connectivity index (χ0n) is 14.7. The van der Waals surface area contributed by atoms with Crippen molar-refractivity contribution < 1.29 is 13.6 Å². The molecular formula is C21H23NO3. The lowest BCUT2D eigenvalue weighted by molar-refractivity contribution is 0.0627. The van der Waals surface area contributed by atoms with Gasteiger partial charge in [0, 0.05) is 17.5 Å². The monoisotopic (exact) mass is 337 g/mol. The number of carbonyl (C=O) groups excluding carboxylic acids is 1. The van der Waals surface area contributed by atoms with E-state index < -0.39 is 0 Å². The van der Waals surface area contributed by atoms with Crippen molar-refractivity contribution >= 4 is 16.9 Å². The maximum Gasteiger partial charge on any atom is 0.290 e. The van der Waals surface area contributed by atoms with Crippen molar-refractivity contribution in [1.29, 1.82) is 0 Å². The smallest absolute Gasteiger partial charge is 0.290 e. The van der Waals surface area contributed by atoms with E-state index in [1.165, 1.54) is 5.56 Å². The lowest BCUT2D eigenvalue weighted by Crippen LogP contribution is -2.34. The van der Waals surface area contributed by atoms with Crippen LogP contribution in [0.3, 0.4) is 0 Å². The van der Waals surface area contributed by atoms with Gasteiger partial charge in [0.05, 0.1) is 12.3 Å². The fourth-order valence-electron chi connectivity index (χ4n) is 3.80. The van der Waals surface area contributed by atoms with Gasteiger partial charge in [-0.05, 0) is 51.0 Å². The minimum absolute atomic E-state index is 0.0145. The van der Waals surface area contributed by atoms with Crippen molar-refractivity contribution in [3.05, 3.63) is 59.2 Å². The molecule has 1 saturated heterocycles. The predicted octanol–water partition coefficient (Wildman–Crippen LogP) is 5.40. The first-order valence-corrected chi connectivity index (χ1v) is 8.99. The predicted molar refractivity (Wildman–Crippen MR) is 96.6 cm³/mol. The van der Waals surface area contributed by atoms with Crippen LogP contribution in [-0.2, 0) is 0 Å². The molecule has 3 heterocycles. The number of nitrogens with zero attached hydrogens (tertiary/aromatic N) is 1. The van der Waals surface area contributed by atoms with Crippen LogP contribution in [0.5, 0.6) is 0 Å². The Labute approximate surface area is 147 Å². The molecule has 3 aromatic rings. The molecule has 4 rings (SSSR count). The number of fused-ring (bicyclic) bond motifs is 1. The molecule has 0 saturated carbocycles. The lowest BCUT2D eigenvalue weighted by atomic mass is 10.1.